The summed E-state index contributed by atoms with van der Waals surface area (Å²) in [6.07, 6.45) is 5.29. The van der Waals surface area contributed by atoms with Crippen LogP contribution in [0.4, 0.5) is 5.69 Å². The lowest BCUT2D eigenvalue weighted by Gasteiger charge is -2.15. The number of hydrogen-bond donors (Lipinski definition) is 2. The number of anilines is 1. The van der Waals surface area contributed by atoms with E-state index in [-0.39, 0.29) is 11.9 Å². The lowest BCUT2D eigenvalue weighted by Crippen LogP contribution is -2.35. The molecule has 0 aliphatic rings. The Morgan fingerprint density at radius 1 is 1.50 bits per heavy atom. The minimum absolute atomic E-state index is 0.00584. The number of benzene rings is 1. The van der Waals surface area contributed by atoms with Gasteiger partial charge in [-0.1, -0.05) is 12.1 Å². The third kappa shape index (κ3) is 2.88. The Hall–Kier alpha value is -2.30. The predicted molar refractivity (Wildman–Crippen MR) is 70.0 cm³/mol. The molecular weight excluding hydrogens is 228 g/mol. The molecule has 94 valence electrons. The zero-order chi connectivity index (χ0) is 13.0. The van der Waals surface area contributed by atoms with E-state index >= 15 is 0 Å². The van der Waals surface area contributed by atoms with Gasteiger partial charge in [-0.05, 0) is 19.1 Å². The van der Waals surface area contributed by atoms with Crippen LogP contribution in [0.1, 0.15) is 17.3 Å². The van der Waals surface area contributed by atoms with Gasteiger partial charge in [0.1, 0.15) is 0 Å². The summed E-state index contributed by atoms with van der Waals surface area (Å²) in [5.74, 6) is -0.152. The van der Waals surface area contributed by atoms with Crippen LogP contribution in [-0.2, 0) is 6.54 Å². The zero-order valence-corrected chi connectivity index (χ0v) is 10.2. The summed E-state index contributed by atoms with van der Waals surface area (Å²) in [6.45, 7) is 2.62. The average Bonchev–Trinajstić information content (AvgIpc) is 2.82. The van der Waals surface area contributed by atoms with Crippen LogP contribution in [0.15, 0.2) is 43.0 Å². The molecule has 0 fully saturated rings. The van der Waals surface area contributed by atoms with E-state index in [4.69, 9.17) is 5.73 Å². The van der Waals surface area contributed by atoms with E-state index in [1.807, 2.05) is 17.7 Å². The lowest BCUT2D eigenvalue weighted by atomic mass is 10.1. The fourth-order valence-corrected chi connectivity index (χ4v) is 1.76. The smallest absolute Gasteiger partial charge is 0.253 e. The summed E-state index contributed by atoms with van der Waals surface area (Å²) in [5, 5.41) is 2.91. The highest BCUT2D eigenvalue weighted by molar-refractivity contribution is 5.99. The predicted octanol–water partition coefficient (Wildman–Crippen LogP) is 1.28. The molecule has 3 N–H and O–H groups in total. The number of para-hydroxylation sites is 1. The molecule has 5 heteroatoms. The van der Waals surface area contributed by atoms with E-state index in [0.717, 1.165) is 0 Å². The van der Waals surface area contributed by atoms with Gasteiger partial charge in [-0.25, -0.2) is 4.98 Å². The Morgan fingerprint density at radius 3 is 2.94 bits per heavy atom. The minimum atomic E-state index is -0.152. The second-order valence-corrected chi connectivity index (χ2v) is 4.22. The maximum Gasteiger partial charge on any atom is 0.253 e. The van der Waals surface area contributed by atoms with Crippen molar-refractivity contribution < 1.29 is 4.79 Å². The van der Waals surface area contributed by atoms with Crippen LogP contribution in [0.25, 0.3) is 0 Å². The molecule has 18 heavy (non-hydrogen) atoms. The van der Waals surface area contributed by atoms with Crippen LogP contribution in [0, 0.1) is 0 Å². The van der Waals surface area contributed by atoms with Crippen LogP contribution >= 0.6 is 0 Å². The van der Waals surface area contributed by atoms with Gasteiger partial charge in [-0.2, -0.15) is 0 Å². The molecule has 0 saturated carbocycles. The summed E-state index contributed by atoms with van der Waals surface area (Å²) >= 11 is 0. The Labute approximate surface area is 106 Å². The number of hydrogen-bond acceptors (Lipinski definition) is 3. The Kier molecular flexibility index (Phi) is 3.62. The molecule has 1 atom stereocenters. The molecule has 0 saturated heterocycles. The van der Waals surface area contributed by atoms with Crippen molar-refractivity contribution in [1.82, 2.24) is 14.9 Å². The van der Waals surface area contributed by atoms with E-state index < -0.39 is 0 Å². The molecule has 2 rings (SSSR count). The van der Waals surface area contributed by atoms with Gasteiger partial charge in [0.25, 0.3) is 5.91 Å². The standard InChI is InChI=1S/C13H16N4O/c1-10(8-17-7-6-15-9-17)16-13(18)11-4-2-3-5-12(11)14/h2-7,9-10H,8,14H2,1H3,(H,16,18). The average molecular weight is 244 g/mol. The van der Waals surface area contributed by atoms with Crippen LogP contribution in [0.2, 0.25) is 0 Å². The van der Waals surface area contributed by atoms with Gasteiger partial charge in [-0.3, -0.25) is 4.79 Å². The number of nitrogens with two attached hydrogens (primary N) is 1. The molecule has 5 nitrogen and oxygen atoms in total. The van der Waals surface area contributed by atoms with Gasteiger partial charge in [0.05, 0.1) is 11.9 Å². The number of amides is 1. The fraction of sp³-hybridized carbons (Fsp3) is 0.231. The first-order valence-electron chi connectivity index (χ1n) is 5.78. The molecular formula is C13H16N4O. The van der Waals surface area contributed by atoms with Crippen LogP contribution < -0.4 is 11.1 Å². The number of nitrogens with one attached hydrogen (secondary N) is 1. The largest absolute Gasteiger partial charge is 0.398 e. The van der Waals surface area contributed by atoms with Crippen molar-refractivity contribution in [3.05, 3.63) is 48.5 Å². The van der Waals surface area contributed by atoms with Crippen molar-refractivity contribution in [2.75, 3.05) is 5.73 Å². The Bertz CT molecular complexity index is 522. The minimum Gasteiger partial charge on any atom is -0.398 e. The van der Waals surface area contributed by atoms with Gasteiger partial charge < -0.3 is 15.6 Å². The maximum atomic E-state index is 12.0. The van der Waals surface area contributed by atoms with E-state index in [1.165, 1.54) is 0 Å². The molecule has 1 aromatic heterocycles. The number of carbonyl (C=O) groups excluding carboxylic acids is 1. The van der Waals surface area contributed by atoms with Gasteiger partial charge in [-0.15, -0.1) is 0 Å². The third-order valence-electron chi connectivity index (χ3n) is 2.63. The zero-order valence-electron chi connectivity index (χ0n) is 10.2. The Morgan fingerprint density at radius 2 is 2.28 bits per heavy atom. The first-order valence-corrected chi connectivity index (χ1v) is 5.78. The molecule has 0 aliphatic carbocycles. The lowest BCUT2D eigenvalue weighted by molar-refractivity contribution is 0.0937. The highest BCUT2D eigenvalue weighted by Gasteiger charge is 2.12. The molecule has 2 aromatic rings. The van der Waals surface area contributed by atoms with E-state index in [0.29, 0.717) is 17.8 Å². The highest BCUT2D eigenvalue weighted by Crippen LogP contribution is 2.10. The van der Waals surface area contributed by atoms with Crippen LogP contribution in [0.3, 0.4) is 0 Å². The normalized spacial score (nSPS) is 12.1. The first kappa shape index (κ1) is 12.2. The van der Waals surface area contributed by atoms with Crippen molar-refractivity contribution in [2.24, 2.45) is 0 Å². The monoisotopic (exact) mass is 244 g/mol. The number of imidazole rings is 1. The molecule has 1 aromatic carbocycles. The molecule has 0 spiro atoms. The third-order valence-corrected chi connectivity index (χ3v) is 2.63. The molecule has 1 unspecified atom stereocenters. The van der Waals surface area contributed by atoms with E-state index in [2.05, 4.69) is 10.3 Å². The van der Waals surface area contributed by atoms with Gasteiger partial charge >= 0.3 is 0 Å². The van der Waals surface area contributed by atoms with Crippen molar-refractivity contribution in [3.63, 3.8) is 0 Å². The topological polar surface area (TPSA) is 72.9 Å². The summed E-state index contributed by atoms with van der Waals surface area (Å²) < 4.78 is 1.92. The van der Waals surface area contributed by atoms with Crippen molar-refractivity contribution >= 4 is 11.6 Å². The molecule has 0 bridgehead atoms. The van der Waals surface area contributed by atoms with Crippen molar-refractivity contribution in [2.45, 2.75) is 19.5 Å². The van der Waals surface area contributed by atoms with E-state index in [9.17, 15) is 4.79 Å². The molecule has 1 amide bonds. The number of aromatic nitrogens is 2. The highest BCUT2D eigenvalue weighted by atomic mass is 16.1. The molecule has 0 aliphatic heterocycles. The van der Waals surface area contributed by atoms with Gasteiger partial charge in [0.2, 0.25) is 0 Å². The summed E-state index contributed by atoms with van der Waals surface area (Å²) in [4.78, 5) is 15.9. The van der Waals surface area contributed by atoms with Gasteiger partial charge in [0.15, 0.2) is 0 Å². The number of nitrogen functional groups attached to an aromatic ring is 1. The fourth-order valence-electron chi connectivity index (χ4n) is 1.76. The van der Waals surface area contributed by atoms with Gasteiger partial charge in [0, 0.05) is 30.7 Å². The number of nitrogens with zero attached hydrogens (tertiary/aromatic N) is 2. The second-order valence-electron chi connectivity index (χ2n) is 4.22. The van der Waals surface area contributed by atoms with Crippen LogP contribution in [-0.4, -0.2) is 21.5 Å². The number of carbonyl (C=O) groups is 1. The number of rotatable bonds is 4. The maximum absolute atomic E-state index is 12.0. The first-order chi connectivity index (χ1) is 8.66. The van der Waals surface area contributed by atoms with Crippen molar-refractivity contribution in [1.29, 1.82) is 0 Å². The second kappa shape index (κ2) is 5.35. The molecule has 0 radical (unpaired) electrons. The summed E-state index contributed by atoms with van der Waals surface area (Å²) in [6, 6.07) is 7.04. The SMILES string of the molecule is CC(Cn1ccnc1)NC(=O)c1ccccc1N. The van der Waals surface area contributed by atoms with Crippen molar-refractivity contribution in [3.8, 4) is 0 Å². The van der Waals surface area contributed by atoms with E-state index in [1.54, 1.807) is 36.8 Å². The quantitative estimate of drug-likeness (QED) is 0.796. The molecule has 1 heterocycles. The summed E-state index contributed by atoms with van der Waals surface area (Å²) in [7, 11) is 0. The summed E-state index contributed by atoms with van der Waals surface area (Å²) in [5.41, 5.74) is 6.76. The van der Waals surface area contributed by atoms with Crippen LogP contribution in [0.5, 0.6) is 0 Å². The Balaban J connectivity index is 1.97.